The molecule has 0 aromatic carbocycles. The van der Waals surface area contributed by atoms with Gasteiger partial charge in [-0.2, -0.15) is 0 Å². The van der Waals surface area contributed by atoms with Crippen molar-refractivity contribution < 1.29 is 0 Å². The van der Waals surface area contributed by atoms with Crippen LogP contribution in [0.3, 0.4) is 0 Å². The van der Waals surface area contributed by atoms with Crippen LogP contribution in [0.1, 0.15) is 58.7 Å². The van der Waals surface area contributed by atoms with Gasteiger partial charge in [-0.15, -0.1) is 0 Å². The summed E-state index contributed by atoms with van der Waals surface area (Å²) in [7, 11) is 0. The van der Waals surface area contributed by atoms with Gasteiger partial charge in [0.25, 0.3) is 0 Å². The number of hydrogen-bond acceptors (Lipinski definition) is 4. The fourth-order valence-electron chi connectivity index (χ4n) is 2.83. The monoisotopic (exact) mass is 276 g/mol. The molecule has 1 N–H and O–H groups in total. The second-order valence-electron chi connectivity index (χ2n) is 6.04. The van der Waals surface area contributed by atoms with Gasteiger partial charge in [0, 0.05) is 31.6 Å². The molecule has 0 spiro atoms. The van der Waals surface area contributed by atoms with Crippen LogP contribution in [0.4, 0.5) is 11.6 Å². The lowest BCUT2D eigenvalue weighted by molar-refractivity contribution is 0.529. The third-order valence-electron chi connectivity index (χ3n) is 3.91. The third kappa shape index (κ3) is 3.62. The highest BCUT2D eigenvalue weighted by Gasteiger charge is 2.23. The smallest absolute Gasteiger partial charge is 0.135 e. The molecule has 0 saturated carbocycles. The van der Waals surface area contributed by atoms with Crippen LogP contribution < -0.4 is 10.2 Å². The Kier molecular flexibility index (Phi) is 5.21. The van der Waals surface area contributed by atoms with Crippen LogP contribution in [0, 0.1) is 5.92 Å². The van der Waals surface area contributed by atoms with E-state index in [0.29, 0.717) is 5.92 Å². The topological polar surface area (TPSA) is 41.0 Å². The van der Waals surface area contributed by atoms with E-state index in [9.17, 15) is 0 Å². The van der Waals surface area contributed by atoms with E-state index < -0.39 is 0 Å². The van der Waals surface area contributed by atoms with Crippen LogP contribution in [0.15, 0.2) is 6.07 Å². The van der Waals surface area contributed by atoms with Crippen molar-refractivity contribution in [2.24, 2.45) is 5.92 Å². The second-order valence-corrected chi connectivity index (χ2v) is 6.04. The van der Waals surface area contributed by atoms with Gasteiger partial charge in [0.2, 0.25) is 0 Å². The largest absolute Gasteiger partial charge is 0.370 e. The van der Waals surface area contributed by atoms with Crippen LogP contribution in [-0.2, 0) is 0 Å². The average Bonchev–Trinajstić information content (AvgIpc) is 2.88. The van der Waals surface area contributed by atoms with E-state index in [1.807, 2.05) is 0 Å². The molecule has 2 heterocycles. The minimum Gasteiger partial charge on any atom is -0.370 e. The van der Waals surface area contributed by atoms with Crippen molar-refractivity contribution in [2.75, 3.05) is 29.9 Å². The highest BCUT2D eigenvalue weighted by Crippen LogP contribution is 2.27. The summed E-state index contributed by atoms with van der Waals surface area (Å²) in [6.07, 6.45) is 3.91. The number of aromatic nitrogens is 2. The van der Waals surface area contributed by atoms with E-state index in [2.05, 4.69) is 49.0 Å². The summed E-state index contributed by atoms with van der Waals surface area (Å²) in [5.74, 6) is 4.19. The molecule has 1 aromatic rings. The summed E-state index contributed by atoms with van der Waals surface area (Å²) in [5, 5.41) is 3.33. The van der Waals surface area contributed by atoms with E-state index in [0.717, 1.165) is 43.0 Å². The molecule has 1 aliphatic rings. The van der Waals surface area contributed by atoms with Gasteiger partial charge in [-0.05, 0) is 25.7 Å². The summed E-state index contributed by atoms with van der Waals surface area (Å²) in [6, 6.07) is 2.10. The molecule has 20 heavy (non-hydrogen) atoms. The second kappa shape index (κ2) is 6.91. The molecule has 0 bridgehead atoms. The summed E-state index contributed by atoms with van der Waals surface area (Å²) in [5.41, 5.74) is 0. The minimum atomic E-state index is 0.362. The van der Waals surface area contributed by atoms with Gasteiger partial charge in [-0.3, -0.25) is 0 Å². The Labute approximate surface area is 123 Å². The molecule has 4 nitrogen and oxygen atoms in total. The van der Waals surface area contributed by atoms with Crippen molar-refractivity contribution in [2.45, 2.75) is 52.9 Å². The number of hydrogen-bond donors (Lipinski definition) is 1. The number of anilines is 2. The van der Waals surface area contributed by atoms with Gasteiger partial charge in [-0.1, -0.05) is 27.2 Å². The molecule has 1 unspecified atom stereocenters. The van der Waals surface area contributed by atoms with Gasteiger partial charge < -0.3 is 10.2 Å². The first-order valence-corrected chi connectivity index (χ1v) is 8.01. The van der Waals surface area contributed by atoms with Crippen LogP contribution in [-0.4, -0.2) is 29.6 Å². The molecule has 1 saturated heterocycles. The van der Waals surface area contributed by atoms with Gasteiger partial charge in [-0.25, -0.2) is 9.97 Å². The summed E-state index contributed by atoms with van der Waals surface area (Å²) < 4.78 is 0. The lowest BCUT2D eigenvalue weighted by Gasteiger charge is -2.20. The summed E-state index contributed by atoms with van der Waals surface area (Å²) in [4.78, 5) is 11.8. The van der Waals surface area contributed by atoms with Crippen molar-refractivity contribution in [3.05, 3.63) is 11.9 Å². The Morgan fingerprint density at radius 3 is 2.80 bits per heavy atom. The highest BCUT2D eigenvalue weighted by molar-refractivity contribution is 5.50. The Morgan fingerprint density at radius 1 is 1.35 bits per heavy atom. The maximum atomic E-state index is 4.77. The van der Waals surface area contributed by atoms with E-state index in [1.165, 1.54) is 19.3 Å². The number of nitrogens with one attached hydrogen (secondary N) is 1. The molecular formula is C16H28N4. The van der Waals surface area contributed by atoms with E-state index in [4.69, 9.17) is 4.98 Å². The lowest BCUT2D eigenvalue weighted by atomic mass is 10.0. The fourth-order valence-corrected chi connectivity index (χ4v) is 2.83. The normalized spacial score (nSPS) is 18.9. The van der Waals surface area contributed by atoms with E-state index >= 15 is 0 Å². The van der Waals surface area contributed by atoms with Crippen molar-refractivity contribution in [3.8, 4) is 0 Å². The molecule has 1 fully saturated rings. The molecule has 4 heteroatoms. The number of nitrogens with zero attached hydrogens (tertiary/aromatic N) is 3. The Hall–Kier alpha value is -1.32. The first kappa shape index (κ1) is 15.1. The standard InChI is InChI=1S/C16H28N4/c1-5-7-13-8-9-20(11-13)15-10-14(17-6-2)18-16(19-15)12(3)4/h10,12-13H,5-9,11H2,1-4H3,(H,17,18,19). The Morgan fingerprint density at radius 2 is 2.15 bits per heavy atom. The van der Waals surface area contributed by atoms with Gasteiger partial charge in [0.05, 0.1) is 0 Å². The van der Waals surface area contributed by atoms with Crippen molar-refractivity contribution in [1.29, 1.82) is 0 Å². The molecule has 0 amide bonds. The summed E-state index contributed by atoms with van der Waals surface area (Å²) in [6.45, 7) is 11.8. The number of rotatable bonds is 6. The van der Waals surface area contributed by atoms with Crippen molar-refractivity contribution >= 4 is 11.6 Å². The maximum Gasteiger partial charge on any atom is 0.135 e. The molecule has 2 rings (SSSR count). The zero-order valence-corrected chi connectivity index (χ0v) is 13.3. The van der Waals surface area contributed by atoms with Crippen LogP contribution in [0.5, 0.6) is 0 Å². The molecule has 1 aromatic heterocycles. The molecule has 0 radical (unpaired) electrons. The summed E-state index contributed by atoms with van der Waals surface area (Å²) >= 11 is 0. The third-order valence-corrected chi connectivity index (χ3v) is 3.91. The van der Waals surface area contributed by atoms with Gasteiger partial charge in [0.15, 0.2) is 0 Å². The quantitative estimate of drug-likeness (QED) is 0.861. The fraction of sp³-hybridized carbons (Fsp3) is 0.750. The highest BCUT2D eigenvalue weighted by atomic mass is 15.2. The van der Waals surface area contributed by atoms with Crippen molar-refractivity contribution in [1.82, 2.24) is 9.97 Å². The lowest BCUT2D eigenvalue weighted by Crippen LogP contribution is -2.22. The first-order chi connectivity index (χ1) is 9.63. The predicted molar refractivity (Wildman–Crippen MR) is 85.5 cm³/mol. The van der Waals surface area contributed by atoms with Gasteiger partial charge >= 0.3 is 0 Å². The molecule has 1 atom stereocenters. The first-order valence-electron chi connectivity index (χ1n) is 8.01. The van der Waals surface area contributed by atoms with Crippen LogP contribution in [0.2, 0.25) is 0 Å². The molecule has 0 aliphatic carbocycles. The van der Waals surface area contributed by atoms with Crippen LogP contribution >= 0.6 is 0 Å². The predicted octanol–water partition coefficient (Wildman–Crippen LogP) is 3.66. The molecular weight excluding hydrogens is 248 g/mol. The maximum absolute atomic E-state index is 4.77. The zero-order valence-electron chi connectivity index (χ0n) is 13.3. The van der Waals surface area contributed by atoms with Crippen molar-refractivity contribution in [3.63, 3.8) is 0 Å². The zero-order chi connectivity index (χ0) is 14.5. The molecule has 1 aliphatic heterocycles. The Balaban J connectivity index is 2.18. The van der Waals surface area contributed by atoms with E-state index in [1.54, 1.807) is 0 Å². The molecule has 112 valence electrons. The minimum absolute atomic E-state index is 0.362. The SMILES string of the molecule is CCCC1CCN(c2cc(NCC)nc(C(C)C)n2)C1. The van der Waals surface area contributed by atoms with Gasteiger partial charge in [0.1, 0.15) is 17.5 Å². The van der Waals surface area contributed by atoms with E-state index in [-0.39, 0.29) is 0 Å². The van der Waals surface area contributed by atoms with Crippen LogP contribution in [0.25, 0.3) is 0 Å². The average molecular weight is 276 g/mol. The Bertz CT molecular complexity index is 430.